The number of pyridine rings is 1. The van der Waals surface area contributed by atoms with E-state index in [1.807, 2.05) is 0 Å². The maximum Gasteiger partial charge on any atom is 0.169 e. The van der Waals surface area contributed by atoms with Crippen molar-refractivity contribution in [1.82, 2.24) is 0 Å². The molecule has 53 heavy (non-hydrogen) atoms. The molecule has 0 amide bonds. The number of nitrogens with zero attached hydrogens (tertiary/aromatic N) is 1. The van der Waals surface area contributed by atoms with E-state index in [1.165, 1.54) is 295 Å². The Morgan fingerprint density at radius 2 is 0.472 bits per heavy atom. The van der Waals surface area contributed by atoms with Crippen LogP contribution in [0.4, 0.5) is 0 Å². The largest absolute Gasteiger partial charge is 0.205 e. The van der Waals surface area contributed by atoms with Crippen LogP contribution >= 0.6 is 0 Å². The molecule has 0 unspecified atom stereocenters. The van der Waals surface area contributed by atoms with Crippen molar-refractivity contribution in [3.05, 3.63) is 30.1 Å². The Balaban J connectivity index is 1.75. The first-order valence-corrected chi connectivity index (χ1v) is 25.3. The predicted octanol–water partition coefficient (Wildman–Crippen LogP) is 18.3. The first-order valence-electron chi connectivity index (χ1n) is 25.3. The standard InChI is InChI=1S/C52H100N/c1-3-5-7-9-11-13-15-17-19-21-23-25-26-27-28-30-32-34-36-38-40-42-44-46-52-47-50-53(51-48-52)49-45-43-41-39-37-35-33-31-29-24-22-20-18-16-14-12-10-8-6-4-2/h47-48,50-51H,3-46,49H2,1-2H3/q+1. The first-order chi connectivity index (χ1) is 26.4. The quantitative estimate of drug-likeness (QED) is 0.0463. The Hall–Kier alpha value is -0.850. The van der Waals surface area contributed by atoms with Gasteiger partial charge in [-0.1, -0.05) is 271 Å². The Kier molecular flexibility index (Phi) is 41.5. The van der Waals surface area contributed by atoms with E-state index < -0.39 is 0 Å². The number of hydrogen-bond donors (Lipinski definition) is 0. The minimum atomic E-state index is 1.19. The van der Waals surface area contributed by atoms with Crippen LogP contribution in [0.1, 0.15) is 296 Å². The van der Waals surface area contributed by atoms with Gasteiger partial charge in [-0.05, 0) is 24.8 Å². The molecule has 0 saturated heterocycles. The summed E-state index contributed by atoms with van der Waals surface area (Å²) in [7, 11) is 0. The van der Waals surface area contributed by atoms with Gasteiger partial charge in [0, 0.05) is 18.6 Å². The predicted molar refractivity (Wildman–Crippen MR) is 240 cm³/mol. The van der Waals surface area contributed by atoms with E-state index in [-0.39, 0.29) is 0 Å². The Morgan fingerprint density at radius 1 is 0.264 bits per heavy atom. The lowest BCUT2D eigenvalue weighted by Crippen LogP contribution is -2.32. The zero-order chi connectivity index (χ0) is 37.8. The van der Waals surface area contributed by atoms with Crippen LogP contribution in [0.25, 0.3) is 0 Å². The lowest BCUT2D eigenvalue weighted by atomic mass is 10.0. The average molecular weight is 739 g/mol. The van der Waals surface area contributed by atoms with Gasteiger partial charge in [0.15, 0.2) is 12.4 Å². The molecule has 1 heteroatoms. The van der Waals surface area contributed by atoms with Crippen LogP contribution in [0.5, 0.6) is 0 Å². The summed E-state index contributed by atoms with van der Waals surface area (Å²) in [6.45, 7) is 5.81. The Morgan fingerprint density at radius 3 is 0.717 bits per heavy atom. The van der Waals surface area contributed by atoms with Crippen molar-refractivity contribution in [2.45, 2.75) is 303 Å². The fourth-order valence-corrected chi connectivity index (χ4v) is 8.47. The van der Waals surface area contributed by atoms with Crippen LogP contribution in [0.15, 0.2) is 24.5 Å². The maximum atomic E-state index is 2.41. The topological polar surface area (TPSA) is 3.88 Å². The van der Waals surface area contributed by atoms with E-state index in [4.69, 9.17) is 0 Å². The Bertz CT molecular complexity index is 783. The van der Waals surface area contributed by atoms with Crippen LogP contribution in [0.3, 0.4) is 0 Å². The van der Waals surface area contributed by atoms with Crippen molar-refractivity contribution in [1.29, 1.82) is 0 Å². The number of aromatic nitrogens is 1. The first kappa shape index (κ1) is 50.2. The van der Waals surface area contributed by atoms with Crippen LogP contribution in [-0.2, 0) is 13.0 Å². The van der Waals surface area contributed by atoms with Gasteiger partial charge in [-0.3, -0.25) is 0 Å². The van der Waals surface area contributed by atoms with E-state index in [2.05, 4.69) is 42.9 Å². The van der Waals surface area contributed by atoms with Gasteiger partial charge in [-0.25, -0.2) is 4.57 Å². The van der Waals surface area contributed by atoms with E-state index >= 15 is 0 Å². The summed E-state index contributed by atoms with van der Waals surface area (Å²) >= 11 is 0. The van der Waals surface area contributed by atoms with E-state index in [0.29, 0.717) is 0 Å². The molecule has 1 aromatic heterocycles. The smallest absolute Gasteiger partial charge is 0.169 e. The summed E-state index contributed by atoms with van der Waals surface area (Å²) in [6, 6.07) is 4.77. The second kappa shape index (κ2) is 43.9. The average Bonchev–Trinajstić information content (AvgIpc) is 3.18. The molecule has 312 valence electrons. The van der Waals surface area contributed by atoms with Crippen LogP contribution in [0, 0.1) is 0 Å². The molecule has 0 aliphatic rings. The van der Waals surface area contributed by atoms with Crippen molar-refractivity contribution < 1.29 is 4.57 Å². The molecule has 1 rings (SSSR count). The van der Waals surface area contributed by atoms with Gasteiger partial charge in [0.05, 0.1) is 0 Å². The molecule has 0 N–H and O–H groups in total. The van der Waals surface area contributed by atoms with Gasteiger partial charge in [0.2, 0.25) is 0 Å². The van der Waals surface area contributed by atoms with Gasteiger partial charge in [-0.15, -0.1) is 0 Å². The molecule has 0 fully saturated rings. The maximum absolute atomic E-state index is 2.41. The highest BCUT2D eigenvalue weighted by atomic mass is 14.9. The third kappa shape index (κ3) is 39.2. The van der Waals surface area contributed by atoms with Crippen molar-refractivity contribution in [2.24, 2.45) is 0 Å². The van der Waals surface area contributed by atoms with Crippen molar-refractivity contribution in [2.75, 3.05) is 0 Å². The van der Waals surface area contributed by atoms with Crippen LogP contribution < -0.4 is 4.57 Å². The highest BCUT2D eigenvalue weighted by Gasteiger charge is 2.03. The molecular weight excluding hydrogens is 639 g/mol. The third-order valence-corrected chi connectivity index (χ3v) is 12.3. The SMILES string of the molecule is CCCCCCCCCCCCCCCCCCCCCCCCCc1cc[n+](CCCCCCCCCCCCCCCCCCCCCC)cc1. The number of rotatable bonds is 45. The molecule has 0 aliphatic heterocycles. The molecule has 0 atom stereocenters. The highest BCUT2D eigenvalue weighted by Crippen LogP contribution is 2.17. The molecule has 0 aromatic carbocycles. The van der Waals surface area contributed by atoms with E-state index in [9.17, 15) is 0 Å². The molecule has 1 heterocycles. The molecule has 0 radical (unpaired) electrons. The zero-order valence-corrected chi connectivity index (χ0v) is 37.1. The molecule has 0 saturated carbocycles. The van der Waals surface area contributed by atoms with Crippen molar-refractivity contribution in [3.63, 3.8) is 0 Å². The lowest BCUT2D eigenvalue weighted by Gasteiger charge is -2.05. The summed E-state index contributed by atoms with van der Waals surface area (Å²) in [5.74, 6) is 0. The van der Waals surface area contributed by atoms with Crippen molar-refractivity contribution >= 4 is 0 Å². The molecular formula is C52H100N+. The molecule has 0 aliphatic carbocycles. The minimum absolute atomic E-state index is 1.19. The second-order valence-electron chi connectivity index (χ2n) is 17.7. The minimum Gasteiger partial charge on any atom is -0.205 e. The van der Waals surface area contributed by atoms with Gasteiger partial charge in [-0.2, -0.15) is 0 Å². The molecule has 0 spiro atoms. The van der Waals surface area contributed by atoms with Crippen LogP contribution in [-0.4, -0.2) is 0 Å². The molecule has 0 bridgehead atoms. The summed E-state index contributed by atoms with van der Waals surface area (Å²) in [4.78, 5) is 0. The van der Waals surface area contributed by atoms with Gasteiger partial charge >= 0.3 is 0 Å². The number of aryl methyl sites for hydroxylation is 2. The van der Waals surface area contributed by atoms with Gasteiger partial charge in [0.25, 0.3) is 0 Å². The zero-order valence-electron chi connectivity index (χ0n) is 37.1. The number of hydrogen-bond acceptors (Lipinski definition) is 0. The molecule has 1 aromatic rings. The van der Waals surface area contributed by atoms with Crippen molar-refractivity contribution in [3.8, 4) is 0 Å². The summed E-state index contributed by atoms with van der Waals surface area (Å²) in [6.07, 6.45) is 68.6. The Labute approximate surface area is 336 Å². The van der Waals surface area contributed by atoms with E-state index in [0.717, 1.165) is 0 Å². The number of unbranched alkanes of at least 4 members (excludes halogenated alkanes) is 41. The fourth-order valence-electron chi connectivity index (χ4n) is 8.47. The normalized spacial score (nSPS) is 11.6. The monoisotopic (exact) mass is 739 g/mol. The summed E-state index contributed by atoms with van der Waals surface area (Å²) < 4.78 is 2.41. The van der Waals surface area contributed by atoms with Gasteiger partial charge < -0.3 is 0 Å². The van der Waals surface area contributed by atoms with E-state index in [1.54, 1.807) is 0 Å². The van der Waals surface area contributed by atoms with Gasteiger partial charge in [0.1, 0.15) is 6.54 Å². The summed E-state index contributed by atoms with van der Waals surface area (Å²) in [5, 5.41) is 0. The third-order valence-electron chi connectivity index (χ3n) is 12.3. The summed E-state index contributed by atoms with van der Waals surface area (Å²) in [5.41, 5.74) is 1.54. The fraction of sp³-hybridized carbons (Fsp3) is 0.904. The lowest BCUT2D eigenvalue weighted by molar-refractivity contribution is -0.697. The molecule has 1 nitrogen and oxygen atoms in total. The highest BCUT2D eigenvalue weighted by molar-refractivity contribution is 5.07. The second-order valence-corrected chi connectivity index (χ2v) is 17.7. The van der Waals surface area contributed by atoms with Crippen LogP contribution in [0.2, 0.25) is 0 Å².